The van der Waals surface area contributed by atoms with Crippen LogP contribution in [0.15, 0.2) is 48.0 Å². The highest BCUT2D eigenvalue weighted by Gasteiger charge is 2.30. The molecule has 2 aromatic heterocycles. The van der Waals surface area contributed by atoms with E-state index in [0.29, 0.717) is 43.5 Å². The Kier molecular flexibility index (Phi) is 8.33. The molecule has 1 N–H and O–H groups in total. The van der Waals surface area contributed by atoms with Crippen molar-refractivity contribution in [2.45, 2.75) is 38.5 Å². The number of pyridine rings is 1. The van der Waals surface area contributed by atoms with Crippen molar-refractivity contribution in [2.24, 2.45) is 11.8 Å². The molecule has 9 nitrogen and oxygen atoms in total. The highest BCUT2D eigenvalue weighted by atomic mass is 32.1. The third-order valence-electron chi connectivity index (χ3n) is 7.45. The van der Waals surface area contributed by atoms with Gasteiger partial charge in [0.15, 0.2) is 5.13 Å². The zero-order chi connectivity index (χ0) is 27.4. The highest BCUT2D eigenvalue weighted by Crippen LogP contribution is 2.36. The first-order chi connectivity index (χ1) is 18.9. The molecule has 5 rings (SSSR count). The molecule has 2 aliphatic rings. The van der Waals surface area contributed by atoms with E-state index in [0.717, 1.165) is 41.6 Å². The second-order valence-corrected chi connectivity index (χ2v) is 10.9. The second kappa shape index (κ2) is 12.0. The Bertz CT molecular complexity index is 1340. The zero-order valence-electron chi connectivity index (χ0n) is 21.9. The third-order valence-corrected chi connectivity index (χ3v) is 8.37. The van der Waals surface area contributed by atoms with Gasteiger partial charge in [-0.15, -0.1) is 11.3 Å². The van der Waals surface area contributed by atoms with Crippen LogP contribution >= 0.6 is 11.3 Å². The van der Waals surface area contributed by atoms with Crippen LogP contribution in [0, 0.1) is 11.8 Å². The zero-order valence-corrected chi connectivity index (χ0v) is 22.7. The van der Waals surface area contributed by atoms with E-state index in [9.17, 15) is 19.5 Å². The van der Waals surface area contributed by atoms with E-state index in [-0.39, 0.29) is 24.2 Å². The number of ether oxygens (including phenoxy) is 1. The number of carbonyl (C=O) groups is 3. The molecule has 0 aliphatic carbocycles. The van der Waals surface area contributed by atoms with Gasteiger partial charge in [-0.25, -0.2) is 9.97 Å². The van der Waals surface area contributed by atoms with Gasteiger partial charge in [0.25, 0.3) is 0 Å². The fourth-order valence-corrected chi connectivity index (χ4v) is 6.13. The van der Waals surface area contributed by atoms with E-state index in [1.54, 1.807) is 18.1 Å². The summed E-state index contributed by atoms with van der Waals surface area (Å²) in [5.74, 6) is -0.773. The van der Waals surface area contributed by atoms with E-state index in [1.165, 1.54) is 16.2 Å². The van der Waals surface area contributed by atoms with Crippen molar-refractivity contribution in [3.63, 3.8) is 0 Å². The topological polar surface area (TPSA) is 113 Å². The fraction of sp³-hybridized carbons (Fsp3) is 0.414. The molecule has 10 heteroatoms. The molecule has 2 amide bonds. The van der Waals surface area contributed by atoms with Crippen molar-refractivity contribution in [2.75, 3.05) is 36.6 Å². The summed E-state index contributed by atoms with van der Waals surface area (Å²) in [7, 11) is 1.66. The lowest BCUT2D eigenvalue weighted by Crippen LogP contribution is -2.35. The molecular weight excluding hydrogens is 516 g/mol. The monoisotopic (exact) mass is 548 g/mol. The van der Waals surface area contributed by atoms with Crippen LogP contribution in [0.25, 0.3) is 22.4 Å². The molecule has 0 bridgehead atoms. The number of carboxylic acid groups (broad SMARTS) is 1. The van der Waals surface area contributed by atoms with E-state index < -0.39 is 11.9 Å². The largest absolute Gasteiger partial charge is 0.481 e. The first-order valence-corrected chi connectivity index (χ1v) is 14.2. The van der Waals surface area contributed by atoms with E-state index in [2.05, 4.69) is 4.98 Å². The van der Waals surface area contributed by atoms with Gasteiger partial charge in [0.05, 0.1) is 12.1 Å². The maximum atomic E-state index is 13.4. The van der Waals surface area contributed by atoms with E-state index >= 15 is 0 Å². The summed E-state index contributed by atoms with van der Waals surface area (Å²) < 4.78 is 5.42. The molecule has 2 aliphatic heterocycles. The number of anilines is 2. The van der Waals surface area contributed by atoms with Crippen LogP contribution in [0.5, 0.6) is 0 Å². The molecule has 0 unspecified atom stereocenters. The summed E-state index contributed by atoms with van der Waals surface area (Å²) in [6, 6.07) is 11.7. The Morgan fingerprint density at radius 2 is 1.95 bits per heavy atom. The summed E-state index contributed by atoms with van der Waals surface area (Å²) in [5, 5.41) is 11.9. The van der Waals surface area contributed by atoms with E-state index in [1.807, 2.05) is 41.8 Å². The van der Waals surface area contributed by atoms with Crippen LogP contribution < -0.4 is 9.80 Å². The first-order valence-electron chi connectivity index (χ1n) is 13.3. The number of carboxylic acids is 1. The second-order valence-electron chi connectivity index (χ2n) is 10.1. The predicted molar refractivity (Wildman–Crippen MR) is 150 cm³/mol. The smallest absolute Gasteiger partial charge is 0.304 e. The van der Waals surface area contributed by atoms with Crippen molar-refractivity contribution in [1.82, 2.24) is 9.97 Å². The summed E-state index contributed by atoms with van der Waals surface area (Å²) in [6.45, 7) is 1.99. The maximum absolute atomic E-state index is 13.4. The van der Waals surface area contributed by atoms with Crippen molar-refractivity contribution >= 4 is 40.1 Å². The van der Waals surface area contributed by atoms with Crippen LogP contribution in [0.4, 0.5) is 10.9 Å². The van der Waals surface area contributed by atoms with Crippen molar-refractivity contribution in [1.29, 1.82) is 0 Å². The predicted octanol–water partition coefficient (Wildman–Crippen LogP) is 4.87. The fourth-order valence-electron chi connectivity index (χ4n) is 5.33. The normalized spacial score (nSPS) is 16.8. The summed E-state index contributed by atoms with van der Waals surface area (Å²) >= 11 is 1.35. The van der Waals surface area contributed by atoms with Crippen LogP contribution in [0.3, 0.4) is 0 Å². The molecule has 0 radical (unpaired) electrons. The van der Waals surface area contributed by atoms with Gasteiger partial charge in [0, 0.05) is 61.8 Å². The standard InChI is InChI=1S/C29H32N4O5S/c1-32(28(37)21(16-27(35)36)15-19-10-13-38-14-11-19)29-31-24(18-39-29)23-6-3-2-5-22(23)20-8-9-25(30-17-20)33-12-4-7-26(33)34/h2-3,5-6,8-9,17-19,21H,4,7,10-16H2,1H3,(H,35,36)/t21-/m1/s1. The minimum absolute atomic E-state index is 0.0997. The third kappa shape index (κ3) is 6.17. The summed E-state index contributed by atoms with van der Waals surface area (Å²) in [5.41, 5.74) is 3.47. The van der Waals surface area contributed by atoms with Gasteiger partial charge in [-0.3, -0.25) is 24.2 Å². The minimum Gasteiger partial charge on any atom is -0.481 e. The number of aliphatic carboxylic acids is 1. The van der Waals surface area contributed by atoms with Crippen molar-refractivity contribution < 1.29 is 24.2 Å². The first kappa shape index (κ1) is 27.0. The quantitative estimate of drug-likeness (QED) is 0.406. The number of aromatic nitrogens is 2. The molecule has 1 aromatic carbocycles. The Morgan fingerprint density at radius 3 is 2.62 bits per heavy atom. The number of nitrogens with zero attached hydrogens (tertiary/aromatic N) is 4. The summed E-state index contributed by atoms with van der Waals surface area (Å²) in [4.78, 5) is 49.6. The molecule has 4 heterocycles. The number of amides is 2. The Labute approximate surface area is 231 Å². The molecule has 204 valence electrons. The van der Waals surface area contributed by atoms with Gasteiger partial charge in [-0.05, 0) is 49.3 Å². The minimum atomic E-state index is -0.976. The Balaban J connectivity index is 1.35. The van der Waals surface area contributed by atoms with Gasteiger partial charge in [0.2, 0.25) is 11.8 Å². The number of thiazole rings is 1. The molecule has 1 atom stereocenters. The summed E-state index contributed by atoms with van der Waals surface area (Å²) in [6.07, 6.45) is 5.20. The van der Waals surface area contributed by atoms with Crippen LogP contribution in [0.2, 0.25) is 0 Å². The van der Waals surface area contributed by atoms with Gasteiger partial charge in [-0.2, -0.15) is 0 Å². The number of carbonyl (C=O) groups excluding carboxylic acids is 2. The Hall–Kier alpha value is -3.63. The van der Waals surface area contributed by atoms with Gasteiger partial charge in [0.1, 0.15) is 5.82 Å². The van der Waals surface area contributed by atoms with Crippen LogP contribution in [-0.2, 0) is 19.1 Å². The molecule has 2 fully saturated rings. The maximum Gasteiger partial charge on any atom is 0.304 e. The lowest BCUT2D eigenvalue weighted by Gasteiger charge is -2.27. The molecule has 3 aromatic rings. The number of hydrogen-bond donors (Lipinski definition) is 1. The molecular formula is C29H32N4O5S. The SMILES string of the molecule is CN(C(=O)[C@@H](CC(=O)O)CC1CCOCC1)c1nc(-c2ccccc2-c2ccc(N3CCCC3=O)nc2)cs1. The lowest BCUT2D eigenvalue weighted by atomic mass is 9.86. The highest BCUT2D eigenvalue weighted by molar-refractivity contribution is 7.14. The average molecular weight is 549 g/mol. The average Bonchev–Trinajstić information content (AvgIpc) is 3.62. The molecule has 0 saturated carbocycles. The van der Waals surface area contributed by atoms with Crippen LogP contribution in [-0.4, -0.2) is 59.7 Å². The molecule has 39 heavy (non-hydrogen) atoms. The lowest BCUT2D eigenvalue weighted by molar-refractivity contribution is -0.141. The van der Waals surface area contributed by atoms with E-state index in [4.69, 9.17) is 9.72 Å². The van der Waals surface area contributed by atoms with Crippen molar-refractivity contribution in [3.05, 3.63) is 48.0 Å². The Morgan fingerprint density at radius 1 is 1.18 bits per heavy atom. The number of benzene rings is 1. The van der Waals surface area contributed by atoms with Gasteiger partial charge >= 0.3 is 5.97 Å². The molecule has 2 saturated heterocycles. The number of hydrogen-bond acceptors (Lipinski definition) is 7. The number of rotatable bonds is 9. The van der Waals surface area contributed by atoms with Crippen molar-refractivity contribution in [3.8, 4) is 22.4 Å². The molecule has 0 spiro atoms. The van der Waals surface area contributed by atoms with Gasteiger partial charge in [-0.1, -0.05) is 24.3 Å². The van der Waals surface area contributed by atoms with Gasteiger partial charge < -0.3 is 9.84 Å². The van der Waals surface area contributed by atoms with Crippen LogP contribution in [0.1, 0.15) is 38.5 Å².